The highest BCUT2D eigenvalue weighted by Gasteiger charge is 2.32. The number of aromatic nitrogens is 3. The lowest BCUT2D eigenvalue weighted by molar-refractivity contribution is -0.119. The molecule has 0 saturated heterocycles. The molecule has 0 radical (unpaired) electrons. The van der Waals surface area contributed by atoms with Crippen LogP contribution in [0.2, 0.25) is 0 Å². The summed E-state index contributed by atoms with van der Waals surface area (Å²) in [4.78, 5) is 34.0. The minimum absolute atomic E-state index is 0.131. The minimum Gasteiger partial charge on any atom is -0.422 e. The van der Waals surface area contributed by atoms with Crippen molar-refractivity contribution >= 4 is 34.1 Å². The van der Waals surface area contributed by atoms with Crippen LogP contribution in [0.4, 0.5) is 17.2 Å². The number of amides is 1. The van der Waals surface area contributed by atoms with Crippen LogP contribution in [0.15, 0.2) is 71.7 Å². The molecule has 0 aliphatic heterocycles. The fourth-order valence-electron chi connectivity index (χ4n) is 3.66. The molecule has 0 bridgehead atoms. The summed E-state index contributed by atoms with van der Waals surface area (Å²) in [5.74, 6) is 0.661. The highest BCUT2D eigenvalue weighted by Crippen LogP contribution is 2.33. The second-order valence-corrected chi connectivity index (χ2v) is 7.85. The van der Waals surface area contributed by atoms with Crippen LogP contribution in [0, 0.1) is 5.92 Å². The van der Waals surface area contributed by atoms with Gasteiger partial charge in [-0.3, -0.25) is 4.79 Å². The molecule has 1 saturated carbocycles. The third-order valence-corrected chi connectivity index (χ3v) is 5.60. The van der Waals surface area contributed by atoms with Gasteiger partial charge in [0.1, 0.15) is 5.82 Å². The second kappa shape index (κ2) is 7.81. The Balaban J connectivity index is 1.42. The molecule has 0 spiro atoms. The zero-order chi connectivity index (χ0) is 22.2. The maximum absolute atomic E-state index is 12.3. The number of hydrogen-bond acceptors (Lipinski definition) is 6. The average molecular weight is 427 g/mol. The topological polar surface area (TPSA) is 100 Å². The van der Waals surface area contributed by atoms with Crippen molar-refractivity contribution in [2.24, 2.45) is 5.92 Å². The predicted molar refractivity (Wildman–Crippen MR) is 122 cm³/mol. The van der Waals surface area contributed by atoms with E-state index in [1.54, 1.807) is 17.0 Å². The molecule has 32 heavy (non-hydrogen) atoms. The number of carbonyl (C=O) groups excluding carboxylic acids is 1. The van der Waals surface area contributed by atoms with Crippen molar-refractivity contribution < 1.29 is 10.0 Å². The van der Waals surface area contributed by atoms with Crippen molar-refractivity contribution in [3.05, 3.63) is 77.3 Å². The number of benzene rings is 2. The fourth-order valence-corrected chi connectivity index (χ4v) is 3.66. The standard InChI is InChI=1S/C24H21N5O3/c1-28(23(30)16-7-8-16)19-11-9-15(10-12-19)17-4-2-5-18(14-17)26-21-20-6-3-13-25-22(20)29(32)24(31)27-21/h2-6,9-14,16,32H,7-8H2,1H3,(H,26,27,31). The predicted octanol–water partition coefficient (Wildman–Crippen LogP) is 3.81. The number of rotatable bonds is 5. The van der Waals surface area contributed by atoms with Gasteiger partial charge in [0.15, 0.2) is 5.65 Å². The van der Waals surface area contributed by atoms with Crippen LogP contribution in [0.5, 0.6) is 0 Å². The first-order valence-electron chi connectivity index (χ1n) is 10.3. The molecule has 1 amide bonds. The Kier molecular flexibility index (Phi) is 4.82. The number of nitrogens with zero attached hydrogens (tertiary/aromatic N) is 4. The largest absolute Gasteiger partial charge is 0.422 e. The van der Waals surface area contributed by atoms with E-state index >= 15 is 0 Å². The van der Waals surface area contributed by atoms with Crippen molar-refractivity contribution in [3.8, 4) is 11.1 Å². The second-order valence-electron chi connectivity index (χ2n) is 7.85. The molecule has 0 unspecified atom stereocenters. The van der Waals surface area contributed by atoms with E-state index in [2.05, 4.69) is 15.3 Å². The average Bonchev–Trinajstić information content (AvgIpc) is 3.67. The lowest BCUT2D eigenvalue weighted by Crippen LogP contribution is -2.27. The first kappa shape index (κ1) is 19.7. The van der Waals surface area contributed by atoms with Gasteiger partial charge in [-0.1, -0.05) is 24.3 Å². The molecule has 2 aromatic heterocycles. The van der Waals surface area contributed by atoms with Crippen LogP contribution in [-0.2, 0) is 4.79 Å². The molecule has 5 rings (SSSR count). The molecule has 4 aromatic rings. The molecule has 0 atom stereocenters. The zero-order valence-corrected chi connectivity index (χ0v) is 17.4. The third kappa shape index (κ3) is 3.66. The van der Waals surface area contributed by atoms with E-state index in [9.17, 15) is 14.8 Å². The smallest absolute Gasteiger partial charge is 0.384 e. The molecular weight excluding hydrogens is 406 g/mol. The van der Waals surface area contributed by atoms with Gasteiger partial charge in [0.05, 0.1) is 5.39 Å². The Morgan fingerprint density at radius 1 is 1.09 bits per heavy atom. The number of carbonyl (C=O) groups is 1. The third-order valence-electron chi connectivity index (χ3n) is 5.60. The molecular formula is C24H21N5O3. The molecule has 8 heteroatoms. The van der Waals surface area contributed by atoms with E-state index in [0.717, 1.165) is 35.3 Å². The highest BCUT2D eigenvalue weighted by molar-refractivity contribution is 5.96. The van der Waals surface area contributed by atoms with Gasteiger partial charge in [-0.15, -0.1) is 4.73 Å². The molecule has 2 aromatic carbocycles. The fraction of sp³-hybridized carbons (Fsp3) is 0.167. The van der Waals surface area contributed by atoms with Crippen LogP contribution >= 0.6 is 0 Å². The van der Waals surface area contributed by atoms with Crippen molar-refractivity contribution in [1.82, 2.24) is 14.7 Å². The number of nitrogens with one attached hydrogen (secondary N) is 1. The molecule has 1 aliphatic carbocycles. The van der Waals surface area contributed by atoms with Crippen molar-refractivity contribution in [3.63, 3.8) is 0 Å². The van der Waals surface area contributed by atoms with Crippen LogP contribution in [0.25, 0.3) is 22.2 Å². The van der Waals surface area contributed by atoms with Crippen molar-refractivity contribution in [2.75, 3.05) is 17.3 Å². The highest BCUT2D eigenvalue weighted by atomic mass is 16.5. The monoisotopic (exact) mass is 427 g/mol. The van der Waals surface area contributed by atoms with E-state index in [1.165, 1.54) is 6.20 Å². The van der Waals surface area contributed by atoms with Crippen LogP contribution in [0.1, 0.15) is 12.8 Å². The number of hydrogen-bond donors (Lipinski definition) is 2. The van der Waals surface area contributed by atoms with Gasteiger partial charge in [-0.2, -0.15) is 4.98 Å². The van der Waals surface area contributed by atoms with Crippen molar-refractivity contribution in [2.45, 2.75) is 12.8 Å². The first-order chi connectivity index (χ1) is 15.5. The number of pyridine rings is 1. The SMILES string of the molecule is CN(C(=O)C1CC1)c1ccc(-c2cccc(Nc3nc(=O)n(O)c4ncccc34)c2)cc1. The molecule has 2 heterocycles. The van der Waals surface area contributed by atoms with E-state index < -0.39 is 5.69 Å². The Hall–Kier alpha value is -4.20. The van der Waals surface area contributed by atoms with Crippen LogP contribution in [-0.4, -0.2) is 32.9 Å². The summed E-state index contributed by atoms with van der Waals surface area (Å²) >= 11 is 0. The lowest BCUT2D eigenvalue weighted by Gasteiger charge is -2.17. The number of anilines is 3. The molecule has 8 nitrogen and oxygen atoms in total. The van der Waals surface area contributed by atoms with E-state index in [0.29, 0.717) is 15.9 Å². The number of fused-ring (bicyclic) bond motifs is 1. The van der Waals surface area contributed by atoms with Gasteiger partial charge in [-0.05, 0) is 60.4 Å². The van der Waals surface area contributed by atoms with Crippen LogP contribution < -0.4 is 15.9 Å². The quantitative estimate of drug-likeness (QED) is 0.470. The van der Waals surface area contributed by atoms with Gasteiger partial charge in [-0.25, -0.2) is 9.78 Å². The Labute approximate surface area is 183 Å². The Morgan fingerprint density at radius 2 is 1.88 bits per heavy atom. The van der Waals surface area contributed by atoms with Gasteiger partial charge in [0.25, 0.3) is 0 Å². The normalized spacial score (nSPS) is 13.2. The van der Waals surface area contributed by atoms with Crippen molar-refractivity contribution in [1.29, 1.82) is 0 Å². The molecule has 160 valence electrons. The van der Waals surface area contributed by atoms with E-state index in [4.69, 9.17) is 0 Å². The van der Waals surface area contributed by atoms with E-state index in [-0.39, 0.29) is 17.5 Å². The lowest BCUT2D eigenvalue weighted by atomic mass is 10.0. The maximum atomic E-state index is 12.3. The summed E-state index contributed by atoms with van der Waals surface area (Å²) in [7, 11) is 1.81. The van der Waals surface area contributed by atoms with Gasteiger partial charge < -0.3 is 15.4 Å². The Morgan fingerprint density at radius 3 is 2.62 bits per heavy atom. The first-order valence-corrected chi connectivity index (χ1v) is 10.3. The summed E-state index contributed by atoms with van der Waals surface area (Å²) in [5.41, 5.74) is 2.89. The van der Waals surface area contributed by atoms with Gasteiger partial charge in [0, 0.05) is 30.5 Å². The van der Waals surface area contributed by atoms with Gasteiger partial charge in [0.2, 0.25) is 5.91 Å². The molecule has 2 N–H and O–H groups in total. The van der Waals surface area contributed by atoms with E-state index in [1.807, 2.05) is 55.6 Å². The summed E-state index contributed by atoms with van der Waals surface area (Å²) < 4.78 is 0.434. The summed E-state index contributed by atoms with van der Waals surface area (Å²) in [6.07, 6.45) is 3.46. The van der Waals surface area contributed by atoms with Crippen LogP contribution in [0.3, 0.4) is 0 Å². The summed E-state index contributed by atoms with van der Waals surface area (Å²) in [6, 6.07) is 19.0. The Bertz CT molecular complexity index is 1380. The summed E-state index contributed by atoms with van der Waals surface area (Å²) in [5, 5.41) is 13.6. The molecule has 1 aliphatic rings. The minimum atomic E-state index is -0.810. The zero-order valence-electron chi connectivity index (χ0n) is 17.4. The summed E-state index contributed by atoms with van der Waals surface area (Å²) in [6.45, 7) is 0. The van der Waals surface area contributed by atoms with Gasteiger partial charge >= 0.3 is 5.69 Å². The molecule has 1 fully saturated rings. The maximum Gasteiger partial charge on any atom is 0.384 e.